The van der Waals surface area contributed by atoms with Crippen LogP contribution in [0.5, 0.6) is 0 Å². The summed E-state index contributed by atoms with van der Waals surface area (Å²) in [4.78, 5) is 25.2. The van der Waals surface area contributed by atoms with E-state index in [0.717, 1.165) is 17.7 Å². The molecule has 1 heterocycles. The van der Waals surface area contributed by atoms with Gasteiger partial charge in [-0.2, -0.15) is 0 Å². The van der Waals surface area contributed by atoms with E-state index in [-0.39, 0.29) is 11.8 Å². The minimum absolute atomic E-state index is 0.0454. The van der Waals surface area contributed by atoms with E-state index in [0.29, 0.717) is 6.54 Å². The fraction of sp³-hybridized carbons (Fsp3) is 0.429. The minimum Gasteiger partial charge on any atom is -0.341 e. The first-order valence-electron chi connectivity index (χ1n) is 6.29. The van der Waals surface area contributed by atoms with Gasteiger partial charge in [-0.05, 0) is 25.0 Å². The van der Waals surface area contributed by atoms with Crippen molar-refractivity contribution in [3.63, 3.8) is 0 Å². The lowest BCUT2D eigenvalue weighted by Crippen LogP contribution is -2.36. The molecule has 0 aromatic heterocycles. The van der Waals surface area contributed by atoms with E-state index in [1.165, 1.54) is 12.5 Å². The average molecular weight is 246 g/mol. The highest BCUT2D eigenvalue weighted by Crippen LogP contribution is 2.36. The molecule has 0 unspecified atom stereocenters. The number of amides is 2. The molecule has 0 radical (unpaired) electrons. The number of carbonyl (C=O) groups is 2. The predicted octanol–water partition coefficient (Wildman–Crippen LogP) is 1.79. The van der Waals surface area contributed by atoms with Crippen LogP contribution in [0.2, 0.25) is 0 Å². The average Bonchev–Trinajstić information content (AvgIpc) is 2.61. The quantitative estimate of drug-likeness (QED) is 0.884. The largest absolute Gasteiger partial charge is 0.341 e. The van der Waals surface area contributed by atoms with Crippen molar-refractivity contribution >= 4 is 17.5 Å². The number of anilines is 1. The first kappa shape index (κ1) is 12.6. The van der Waals surface area contributed by atoms with E-state index in [1.807, 2.05) is 25.1 Å². The first-order valence-corrected chi connectivity index (χ1v) is 6.29. The molecule has 1 aliphatic rings. The van der Waals surface area contributed by atoms with Gasteiger partial charge in [-0.1, -0.05) is 19.1 Å². The van der Waals surface area contributed by atoms with Gasteiger partial charge in [0.1, 0.15) is 6.04 Å². The topological polar surface area (TPSA) is 49.4 Å². The molecule has 1 atom stereocenters. The summed E-state index contributed by atoms with van der Waals surface area (Å²) in [6, 6.07) is 5.50. The summed E-state index contributed by atoms with van der Waals surface area (Å²) in [5, 5.41) is 2.73. The zero-order chi connectivity index (χ0) is 13.3. The van der Waals surface area contributed by atoms with Gasteiger partial charge in [-0.25, -0.2) is 0 Å². The van der Waals surface area contributed by atoms with E-state index in [4.69, 9.17) is 0 Å². The molecule has 2 rings (SSSR count). The number of aryl methyl sites for hydroxylation is 1. The number of hydrogen-bond donors (Lipinski definition) is 1. The Bertz CT molecular complexity index is 497. The Labute approximate surface area is 107 Å². The van der Waals surface area contributed by atoms with Gasteiger partial charge in [0.05, 0.1) is 0 Å². The molecule has 1 aliphatic heterocycles. The van der Waals surface area contributed by atoms with E-state index < -0.39 is 6.04 Å². The second kappa shape index (κ2) is 4.80. The van der Waals surface area contributed by atoms with Crippen LogP contribution in [-0.2, 0) is 16.0 Å². The predicted molar refractivity (Wildman–Crippen MR) is 70.4 cm³/mol. The van der Waals surface area contributed by atoms with Crippen LogP contribution >= 0.6 is 0 Å². The van der Waals surface area contributed by atoms with Crippen molar-refractivity contribution in [1.29, 1.82) is 0 Å². The highest BCUT2D eigenvalue weighted by Gasteiger charge is 2.36. The maximum atomic E-state index is 12.2. The highest BCUT2D eigenvalue weighted by molar-refractivity contribution is 6.06. The van der Waals surface area contributed by atoms with Crippen LogP contribution in [0.15, 0.2) is 18.2 Å². The Morgan fingerprint density at radius 2 is 2.11 bits per heavy atom. The van der Waals surface area contributed by atoms with Gasteiger partial charge in [0.25, 0.3) is 5.91 Å². The van der Waals surface area contributed by atoms with Crippen molar-refractivity contribution in [2.45, 2.75) is 33.2 Å². The summed E-state index contributed by atoms with van der Waals surface area (Å²) in [5.74, 6) is -0.227. The zero-order valence-electron chi connectivity index (χ0n) is 11.0. The number of hydrogen-bond acceptors (Lipinski definition) is 2. The Balaban J connectivity index is 2.46. The third kappa shape index (κ3) is 1.98. The lowest BCUT2D eigenvalue weighted by molar-refractivity contribution is -0.126. The molecule has 1 N–H and O–H groups in total. The van der Waals surface area contributed by atoms with Gasteiger partial charge < -0.3 is 10.2 Å². The van der Waals surface area contributed by atoms with Gasteiger partial charge in [-0.15, -0.1) is 0 Å². The molecule has 0 saturated carbocycles. The van der Waals surface area contributed by atoms with Crippen LogP contribution in [-0.4, -0.2) is 18.4 Å². The van der Waals surface area contributed by atoms with Crippen molar-refractivity contribution in [2.75, 3.05) is 11.4 Å². The maximum absolute atomic E-state index is 12.2. The van der Waals surface area contributed by atoms with Gasteiger partial charge >= 0.3 is 0 Å². The van der Waals surface area contributed by atoms with Gasteiger partial charge in [-0.3, -0.25) is 9.59 Å². The summed E-state index contributed by atoms with van der Waals surface area (Å²) < 4.78 is 0. The van der Waals surface area contributed by atoms with E-state index in [1.54, 1.807) is 4.90 Å². The van der Waals surface area contributed by atoms with Crippen molar-refractivity contribution in [3.05, 3.63) is 29.3 Å². The Kier molecular flexibility index (Phi) is 3.36. The van der Waals surface area contributed by atoms with Crippen LogP contribution in [0, 0.1) is 0 Å². The van der Waals surface area contributed by atoms with Crippen LogP contribution in [0.25, 0.3) is 0 Å². The summed E-state index contributed by atoms with van der Waals surface area (Å²) in [6.45, 7) is 6.06. The Morgan fingerprint density at radius 1 is 1.39 bits per heavy atom. The lowest BCUT2D eigenvalue weighted by Gasteiger charge is -2.15. The molecular formula is C14H18N2O2. The Hall–Kier alpha value is -1.84. The number of fused-ring (bicyclic) bond motifs is 1. The molecule has 0 aliphatic carbocycles. The SMILES string of the molecule is CCc1ccc2c(c1)[C@@H](NC(C)=O)C(=O)N2CC. The molecule has 18 heavy (non-hydrogen) atoms. The number of rotatable bonds is 3. The van der Waals surface area contributed by atoms with E-state index in [2.05, 4.69) is 12.2 Å². The standard InChI is InChI=1S/C14H18N2O2/c1-4-10-6-7-12-11(8-10)13(15-9(3)17)14(18)16(12)5-2/h6-8,13H,4-5H2,1-3H3,(H,15,17)/t13-/m1/s1. The Morgan fingerprint density at radius 3 is 2.67 bits per heavy atom. The number of nitrogens with zero attached hydrogens (tertiary/aromatic N) is 1. The molecule has 1 aromatic rings. The number of benzene rings is 1. The summed E-state index contributed by atoms with van der Waals surface area (Å²) >= 11 is 0. The molecule has 0 spiro atoms. The smallest absolute Gasteiger partial charge is 0.254 e. The first-order chi connectivity index (χ1) is 8.58. The number of nitrogens with one attached hydrogen (secondary N) is 1. The number of carbonyl (C=O) groups excluding carboxylic acids is 2. The molecule has 4 nitrogen and oxygen atoms in total. The van der Waals surface area contributed by atoms with Crippen molar-refractivity contribution in [3.8, 4) is 0 Å². The fourth-order valence-corrected chi connectivity index (χ4v) is 2.38. The van der Waals surface area contributed by atoms with E-state index in [9.17, 15) is 9.59 Å². The van der Waals surface area contributed by atoms with Crippen LogP contribution in [0.3, 0.4) is 0 Å². The molecule has 0 fully saturated rings. The van der Waals surface area contributed by atoms with Gasteiger partial charge in [0.2, 0.25) is 5.91 Å². The fourth-order valence-electron chi connectivity index (χ4n) is 2.38. The normalized spacial score (nSPS) is 17.8. The molecule has 0 bridgehead atoms. The second-order valence-electron chi connectivity index (χ2n) is 4.46. The molecule has 4 heteroatoms. The summed E-state index contributed by atoms with van der Waals surface area (Å²) in [6.07, 6.45) is 0.917. The number of likely N-dealkylation sites (N-methyl/N-ethyl adjacent to an activating group) is 1. The monoisotopic (exact) mass is 246 g/mol. The van der Waals surface area contributed by atoms with Crippen LogP contribution < -0.4 is 10.2 Å². The third-order valence-corrected chi connectivity index (χ3v) is 3.28. The zero-order valence-corrected chi connectivity index (χ0v) is 11.0. The molecule has 1 aromatic carbocycles. The highest BCUT2D eigenvalue weighted by atomic mass is 16.2. The lowest BCUT2D eigenvalue weighted by atomic mass is 10.0. The van der Waals surface area contributed by atoms with Crippen molar-refractivity contribution < 1.29 is 9.59 Å². The van der Waals surface area contributed by atoms with Crippen molar-refractivity contribution in [2.24, 2.45) is 0 Å². The molecule has 2 amide bonds. The van der Waals surface area contributed by atoms with Crippen LogP contribution in [0.4, 0.5) is 5.69 Å². The molecular weight excluding hydrogens is 228 g/mol. The second-order valence-corrected chi connectivity index (χ2v) is 4.46. The van der Waals surface area contributed by atoms with Crippen molar-refractivity contribution in [1.82, 2.24) is 5.32 Å². The molecule has 96 valence electrons. The minimum atomic E-state index is -0.524. The summed E-state index contributed by atoms with van der Waals surface area (Å²) in [5.41, 5.74) is 3.00. The van der Waals surface area contributed by atoms with Gasteiger partial charge in [0.15, 0.2) is 0 Å². The third-order valence-electron chi connectivity index (χ3n) is 3.28. The van der Waals surface area contributed by atoms with Gasteiger partial charge in [0, 0.05) is 24.7 Å². The van der Waals surface area contributed by atoms with E-state index >= 15 is 0 Å². The summed E-state index contributed by atoms with van der Waals surface area (Å²) in [7, 11) is 0. The van der Waals surface area contributed by atoms with Crippen LogP contribution in [0.1, 0.15) is 37.9 Å². The molecule has 0 saturated heterocycles. The maximum Gasteiger partial charge on any atom is 0.254 e.